The highest BCUT2D eigenvalue weighted by Crippen LogP contribution is 2.23. The first-order valence-electron chi connectivity index (χ1n) is 8.82. The number of aldehydes is 1. The van der Waals surface area contributed by atoms with Crippen molar-refractivity contribution in [2.75, 3.05) is 13.1 Å². The van der Waals surface area contributed by atoms with E-state index in [4.69, 9.17) is 6.42 Å². The van der Waals surface area contributed by atoms with Crippen LogP contribution in [0.2, 0.25) is 0 Å². The maximum absolute atomic E-state index is 11.4. The fourth-order valence-corrected chi connectivity index (χ4v) is 3.21. The Morgan fingerprint density at radius 3 is 2.62 bits per heavy atom. The van der Waals surface area contributed by atoms with Crippen molar-refractivity contribution in [1.29, 1.82) is 0 Å². The number of nitrogens with zero attached hydrogens (tertiary/aromatic N) is 1. The lowest BCUT2D eigenvalue weighted by Crippen LogP contribution is -2.32. The van der Waals surface area contributed by atoms with Gasteiger partial charge in [0.2, 0.25) is 0 Å². The second kappa shape index (κ2) is 8.66. The van der Waals surface area contributed by atoms with Gasteiger partial charge in [-0.15, -0.1) is 6.42 Å². The van der Waals surface area contributed by atoms with Crippen LogP contribution in [-0.4, -0.2) is 30.3 Å². The highest BCUT2D eigenvalue weighted by molar-refractivity contribution is 6.00. The Balaban J connectivity index is 2.12. The van der Waals surface area contributed by atoms with E-state index >= 15 is 0 Å². The molecule has 2 rings (SSSR count). The molecule has 2 aromatic carbocycles. The van der Waals surface area contributed by atoms with Gasteiger partial charge in [0.15, 0.2) is 6.29 Å². The standard InChI is InChI=1S/C22H27NO/c1-5-13-23(17(3)4)14-7-8-18-9-12-21-20(15-18)11-10-19(6-2)22(21)16-24/h2,9-12,15-17H,5,7-8,13-14H2,1,3-4H3. The van der Waals surface area contributed by atoms with Gasteiger partial charge >= 0.3 is 0 Å². The Labute approximate surface area is 145 Å². The first-order valence-corrected chi connectivity index (χ1v) is 8.82. The van der Waals surface area contributed by atoms with Gasteiger partial charge in [0.1, 0.15) is 0 Å². The third-order valence-corrected chi connectivity index (χ3v) is 4.55. The third-order valence-electron chi connectivity index (χ3n) is 4.55. The lowest BCUT2D eigenvalue weighted by atomic mass is 9.97. The van der Waals surface area contributed by atoms with Crippen molar-refractivity contribution >= 4 is 17.1 Å². The van der Waals surface area contributed by atoms with E-state index in [0.717, 1.165) is 43.0 Å². The minimum Gasteiger partial charge on any atom is -0.301 e. The molecule has 0 saturated heterocycles. The second-order valence-electron chi connectivity index (χ2n) is 6.58. The lowest BCUT2D eigenvalue weighted by Gasteiger charge is -2.25. The molecule has 0 fully saturated rings. The number of carbonyl (C=O) groups excluding carboxylic acids is 1. The zero-order valence-corrected chi connectivity index (χ0v) is 15.0. The van der Waals surface area contributed by atoms with Gasteiger partial charge in [-0.05, 0) is 68.6 Å². The summed E-state index contributed by atoms with van der Waals surface area (Å²) in [6.07, 6.45) is 9.73. The third kappa shape index (κ3) is 4.24. The Morgan fingerprint density at radius 2 is 2.00 bits per heavy atom. The molecule has 0 atom stereocenters. The summed E-state index contributed by atoms with van der Waals surface area (Å²) >= 11 is 0. The van der Waals surface area contributed by atoms with Gasteiger partial charge in [-0.3, -0.25) is 4.79 Å². The highest BCUT2D eigenvalue weighted by Gasteiger charge is 2.09. The smallest absolute Gasteiger partial charge is 0.151 e. The quantitative estimate of drug-likeness (QED) is 0.519. The number of terminal acetylenes is 1. The Kier molecular flexibility index (Phi) is 6.58. The molecule has 0 unspecified atom stereocenters. The van der Waals surface area contributed by atoms with Crippen molar-refractivity contribution in [3.05, 3.63) is 47.0 Å². The molecule has 2 nitrogen and oxygen atoms in total. The molecule has 2 heteroatoms. The molecule has 2 aromatic rings. The zero-order valence-electron chi connectivity index (χ0n) is 15.0. The van der Waals surface area contributed by atoms with Crippen molar-refractivity contribution in [1.82, 2.24) is 4.90 Å². The number of benzene rings is 2. The minimum absolute atomic E-state index is 0.596. The molecule has 0 amide bonds. The minimum atomic E-state index is 0.596. The first kappa shape index (κ1) is 18.2. The molecule has 0 heterocycles. The van der Waals surface area contributed by atoms with Crippen LogP contribution in [-0.2, 0) is 6.42 Å². The van der Waals surface area contributed by atoms with E-state index < -0.39 is 0 Å². The first-order chi connectivity index (χ1) is 11.6. The normalized spacial score (nSPS) is 11.2. The number of hydrogen-bond donors (Lipinski definition) is 0. The average Bonchev–Trinajstić information content (AvgIpc) is 2.59. The zero-order chi connectivity index (χ0) is 17.5. The van der Waals surface area contributed by atoms with E-state index in [2.05, 4.69) is 43.7 Å². The van der Waals surface area contributed by atoms with Crippen LogP contribution in [0.25, 0.3) is 10.8 Å². The van der Waals surface area contributed by atoms with Gasteiger partial charge in [-0.2, -0.15) is 0 Å². The van der Waals surface area contributed by atoms with Crippen LogP contribution in [0.5, 0.6) is 0 Å². The van der Waals surface area contributed by atoms with Crippen molar-refractivity contribution in [2.24, 2.45) is 0 Å². The Hall–Kier alpha value is -2.11. The molecule has 0 aliphatic rings. The Bertz CT molecular complexity index is 739. The SMILES string of the molecule is C#Cc1ccc2cc(CCCN(CCC)C(C)C)ccc2c1C=O. The van der Waals surface area contributed by atoms with Gasteiger partial charge in [0.05, 0.1) is 0 Å². The van der Waals surface area contributed by atoms with Crippen molar-refractivity contribution < 1.29 is 4.79 Å². The van der Waals surface area contributed by atoms with Crippen LogP contribution in [0.4, 0.5) is 0 Å². The van der Waals surface area contributed by atoms with Crippen LogP contribution in [0.1, 0.15) is 55.1 Å². The predicted octanol–water partition coefficient (Wildman–Crippen LogP) is 4.69. The summed E-state index contributed by atoms with van der Waals surface area (Å²) in [5.74, 6) is 2.59. The summed E-state index contributed by atoms with van der Waals surface area (Å²) in [5, 5.41) is 2.03. The van der Waals surface area contributed by atoms with E-state index in [9.17, 15) is 4.79 Å². The number of aryl methyl sites for hydroxylation is 1. The molecule has 0 aliphatic heterocycles. The van der Waals surface area contributed by atoms with Crippen LogP contribution < -0.4 is 0 Å². The Morgan fingerprint density at radius 1 is 1.21 bits per heavy atom. The number of hydrogen-bond acceptors (Lipinski definition) is 2. The summed E-state index contributed by atoms with van der Waals surface area (Å²) in [6.45, 7) is 9.03. The van der Waals surface area contributed by atoms with Gasteiger partial charge in [0.25, 0.3) is 0 Å². The maximum atomic E-state index is 11.4. The van der Waals surface area contributed by atoms with E-state index in [1.54, 1.807) is 0 Å². The molecular weight excluding hydrogens is 294 g/mol. The summed E-state index contributed by atoms with van der Waals surface area (Å²) in [4.78, 5) is 13.9. The molecule has 0 radical (unpaired) electrons. The second-order valence-corrected chi connectivity index (χ2v) is 6.58. The van der Waals surface area contributed by atoms with Crippen molar-refractivity contribution in [3.8, 4) is 12.3 Å². The van der Waals surface area contributed by atoms with Crippen LogP contribution in [0.3, 0.4) is 0 Å². The molecule has 126 valence electrons. The number of carbonyl (C=O) groups is 1. The number of fused-ring (bicyclic) bond motifs is 1. The summed E-state index contributed by atoms with van der Waals surface area (Å²) in [6, 6.07) is 10.8. The van der Waals surface area contributed by atoms with Gasteiger partial charge in [0, 0.05) is 17.2 Å². The predicted molar refractivity (Wildman–Crippen MR) is 103 cm³/mol. The average molecular weight is 321 g/mol. The molecule has 24 heavy (non-hydrogen) atoms. The number of rotatable bonds is 8. The summed E-state index contributed by atoms with van der Waals surface area (Å²) in [5.41, 5.74) is 2.60. The van der Waals surface area contributed by atoms with Crippen LogP contribution in [0, 0.1) is 12.3 Å². The van der Waals surface area contributed by atoms with Crippen LogP contribution in [0.15, 0.2) is 30.3 Å². The topological polar surface area (TPSA) is 20.3 Å². The van der Waals surface area contributed by atoms with Gasteiger partial charge in [-0.25, -0.2) is 0 Å². The van der Waals surface area contributed by atoms with Gasteiger partial charge in [-0.1, -0.05) is 37.1 Å². The van der Waals surface area contributed by atoms with E-state index in [1.165, 1.54) is 12.0 Å². The van der Waals surface area contributed by atoms with Crippen LogP contribution >= 0.6 is 0 Å². The largest absolute Gasteiger partial charge is 0.301 e. The molecule has 0 aliphatic carbocycles. The van der Waals surface area contributed by atoms with E-state index in [0.29, 0.717) is 17.2 Å². The summed E-state index contributed by atoms with van der Waals surface area (Å²) < 4.78 is 0. The van der Waals surface area contributed by atoms with E-state index in [-0.39, 0.29) is 0 Å². The molecule has 0 bridgehead atoms. The fraction of sp³-hybridized carbons (Fsp3) is 0.409. The molecule has 0 aromatic heterocycles. The lowest BCUT2D eigenvalue weighted by molar-refractivity contribution is 0.112. The molecule has 0 spiro atoms. The monoisotopic (exact) mass is 321 g/mol. The van der Waals surface area contributed by atoms with Crippen molar-refractivity contribution in [2.45, 2.75) is 46.1 Å². The molecular formula is C22H27NO. The van der Waals surface area contributed by atoms with Gasteiger partial charge < -0.3 is 4.90 Å². The highest BCUT2D eigenvalue weighted by atomic mass is 16.1. The van der Waals surface area contributed by atoms with E-state index in [1.807, 2.05) is 18.2 Å². The summed E-state index contributed by atoms with van der Waals surface area (Å²) in [7, 11) is 0. The maximum Gasteiger partial charge on any atom is 0.151 e. The fourth-order valence-electron chi connectivity index (χ4n) is 3.21. The molecule has 0 saturated carbocycles. The molecule has 0 N–H and O–H groups in total. The van der Waals surface area contributed by atoms with Crippen molar-refractivity contribution in [3.63, 3.8) is 0 Å².